The Hall–Kier alpha value is -0.630. The lowest BCUT2D eigenvalue weighted by Gasteiger charge is -2.59. The molecule has 5 aliphatic rings. The minimum Gasteiger partial charge on any atom is -0.392 e. The SMILES string of the molecule is CC(C)CCC[C@@H](C)[C@H]1CC[C@H]2[C@@H]3C(=O)C=C4C5(CC5)[C@H](O)CC[C@]4(C)[C@H]3CC[C@]12C. The number of aliphatic hydroxyl groups is 1. The molecule has 0 amide bonds. The van der Waals surface area contributed by atoms with Gasteiger partial charge in [0.1, 0.15) is 0 Å². The van der Waals surface area contributed by atoms with E-state index in [4.69, 9.17) is 0 Å². The molecule has 5 rings (SSSR count). The summed E-state index contributed by atoms with van der Waals surface area (Å²) in [7, 11) is 0. The number of ketones is 1. The fraction of sp³-hybridized carbons (Fsp3) is 0.897. The molecule has 0 aromatic carbocycles. The largest absolute Gasteiger partial charge is 0.392 e. The van der Waals surface area contributed by atoms with Crippen LogP contribution >= 0.6 is 0 Å². The molecule has 174 valence electrons. The molecular weight excluding hydrogens is 380 g/mol. The van der Waals surface area contributed by atoms with Crippen LogP contribution in [0.1, 0.15) is 105 Å². The maximum absolute atomic E-state index is 13.7. The van der Waals surface area contributed by atoms with E-state index in [1.54, 1.807) is 0 Å². The first-order valence-electron chi connectivity index (χ1n) is 13.6. The number of fused-ring (bicyclic) bond motifs is 6. The molecule has 8 atom stereocenters. The summed E-state index contributed by atoms with van der Waals surface area (Å²) in [6.45, 7) is 12.2. The molecule has 0 saturated heterocycles. The van der Waals surface area contributed by atoms with Gasteiger partial charge in [-0.15, -0.1) is 0 Å². The van der Waals surface area contributed by atoms with Crippen LogP contribution in [0.5, 0.6) is 0 Å². The first kappa shape index (κ1) is 22.2. The Morgan fingerprint density at radius 2 is 1.71 bits per heavy atom. The lowest BCUT2D eigenvalue weighted by Crippen LogP contribution is -2.55. The number of rotatable bonds is 5. The highest BCUT2D eigenvalue weighted by molar-refractivity contribution is 5.95. The monoisotopic (exact) mass is 426 g/mol. The average molecular weight is 427 g/mol. The second kappa shape index (κ2) is 7.44. The molecule has 0 radical (unpaired) electrons. The Balaban J connectivity index is 1.40. The van der Waals surface area contributed by atoms with E-state index in [0.29, 0.717) is 23.0 Å². The topological polar surface area (TPSA) is 37.3 Å². The van der Waals surface area contributed by atoms with Crippen LogP contribution in [0.15, 0.2) is 11.6 Å². The van der Waals surface area contributed by atoms with Crippen molar-refractivity contribution in [3.05, 3.63) is 11.6 Å². The van der Waals surface area contributed by atoms with Gasteiger partial charge in [0.05, 0.1) is 6.10 Å². The molecular formula is C29H46O2. The zero-order valence-electron chi connectivity index (χ0n) is 20.8. The van der Waals surface area contributed by atoms with Crippen LogP contribution < -0.4 is 0 Å². The average Bonchev–Trinajstić information content (AvgIpc) is 3.42. The van der Waals surface area contributed by atoms with Gasteiger partial charge in [0.15, 0.2) is 5.78 Å². The van der Waals surface area contributed by atoms with Crippen LogP contribution in [0.25, 0.3) is 0 Å². The number of allylic oxidation sites excluding steroid dienone is 1. The number of carbonyl (C=O) groups excluding carboxylic acids is 1. The molecule has 0 aliphatic heterocycles. The summed E-state index contributed by atoms with van der Waals surface area (Å²) in [6.07, 6.45) is 15.3. The molecule has 0 unspecified atom stereocenters. The van der Waals surface area contributed by atoms with Gasteiger partial charge >= 0.3 is 0 Å². The second-order valence-electron chi connectivity index (χ2n) is 13.4. The zero-order chi connectivity index (χ0) is 22.2. The van der Waals surface area contributed by atoms with E-state index in [0.717, 1.165) is 43.4 Å². The molecule has 2 nitrogen and oxygen atoms in total. The van der Waals surface area contributed by atoms with Gasteiger partial charge in [-0.05, 0) is 97.9 Å². The molecule has 31 heavy (non-hydrogen) atoms. The van der Waals surface area contributed by atoms with Crippen molar-refractivity contribution in [1.29, 1.82) is 0 Å². The summed E-state index contributed by atoms with van der Waals surface area (Å²) in [4.78, 5) is 13.7. The third kappa shape index (κ3) is 3.17. The Labute approximate surface area is 190 Å². The zero-order valence-corrected chi connectivity index (χ0v) is 20.8. The van der Waals surface area contributed by atoms with E-state index in [9.17, 15) is 9.90 Å². The van der Waals surface area contributed by atoms with Gasteiger partial charge in [0, 0.05) is 11.3 Å². The van der Waals surface area contributed by atoms with Crippen molar-refractivity contribution in [3.63, 3.8) is 0 Å². The molecule has 5 aliphatic carbocycles. The van der Waals surface area contributed by atoms with E-state index in [2.05, 4.69) is 40.7 Å². The first-order valence-corrected chi connectivity index (χ1v) is 13.6. The molecule has 1 N–H and O–H groups in total. The Morgan fingerprint density at radius 3 is 2.39 bits per heavy atom. The summed E-state index contributed by atoms with van der Waals surface area (Å²) in [6, 6.07) is 0. The van der Waals surface area contributed by atoms with Crippen LogP contribution in [-0.4, -0.2) is 17.0 Å². The van der Waals surface area contributed by atoms with Gasteiger partial charge < -0.3 is 5.11 Å². The third-order valence-corrected chi connectivity index (χ3v) is 11.4. The van der Waals surface area contributed by atoms with Crippen molar-refractivity contribution < 1.29 is 9.90 Å². The van der Waals surface area contributed by atoms with Crippen molar-refractivity contribution >= 4 is 5.78 Å². The number of carbonyl (C=O) groups is 1. The van der Waals surface area contributed by atoms with Crippen LogP contribution in [0, 0.1) is 51.8 Å². The standard InChI is InChI=1S/C29H46O2/c1-18(2)7-6-8-19(3)20-9-10-21-26-22(11-13-27(20,21)4)28(5)14-12-25(31)29(15-16-29)24(28)17-23(26)30/h17-22,25-26,31H,6-16H2,1-5H3/t19-,20-,21+,22+,25-,26+,27-,28-/m1/s1. The van der Waals surface area contributed by atoms with Crippen molar-refractivity contribution in [2.75, 3.05) is 0 Å². The quantitative estimate of drug-likeness (QED) is 0.516. The highest BCUT2D eigenvalue weighted by Crippen LogP contribution is 2.72. The highest BCUT2D eigenvalue weighted by atomic mass is 16.3. The summed E-state index contributed by atoms with van der Waals surface area (Å²) in [5, 5.41) is 10.8. The van der Waals surface area contributed by atoms with Crippen LogP contribution in [0.3, 0.4) is 0 Å². The van der Waals surface area contributed by atoms with Crippen molar-refractivity contribution in [1.82, 2.24) is 0 Å². The van der Waals surface area contributed by atoms with E-state index in [1.165, 1.54) is 50.5 Å². The van der Waals surface area contributed by atoms with Gasteiger partial charge in [0.2, 0.25) is 0 Å². The molecule has 1 spiro atoms. The van der Waals surface area contributed by atoms with E-state index < -0.39 is 0 Å². The van der Waals surface area contributed by atoms with E-state index in [1.807, 2.05) is 0 Å². The molecule has 0 bridgehead atoms. The predicted octanol–water partition coefficient (Wildman–Crippen LogP) is 6.96. The number of hydrogen-bond acceptors (Lipinski definition) is 2. The van der Waals surface area contributed by atoms with Gasteiger partial charge in [-0.3, -0.25) is 4.79 Å². The molecule has 4 saturated carbocycles. The third-order valence-electron chi connectivity index (χ3n) is 11.4. The second-order valence-corrected chi connectivity index (χ2v) is 13.4. The molecule has 0 aromatic rings. The number of aliphatic hydroxyl groups excluding tert-OH is 1. The van der Waals surface area contributed by atoms with Gasteiger partial charge in [-0.2, -0.15) is 0 Å². The van der Waals surface area contributed by atoms with Gasteiger partial charge in [0.25, 0.3) is 0 Å². The summed E-state index contributed by atoms with van der Waals surface area (Å²) < 4.78 is 0. The fourth-order valence-corrected chi connectivity index (χ4v) is 9.54. The van der Waals surface area contributed by atoms with E-state index >= 15 is 0 Å². The maximum Gasteiger partial charge on any atom is 0.159 e. The smallest absolute Gasteiger partial charge is 0.159 e. The van der Waals surface area contributed by atoms with Crippen LogP contribution in [-0.2, 0) is 4.79 Å². The number of hydrogen-bond donors (Lipinski definition) is 1. The lowest BCUT2D eigenvalue weighted by atomic mass is 9.45. The summed E-state index contributed by atoms with van der Waals surface area (Å²) in [5.41, 5.74) is 1.83. The summed E-state index contributed by atoms with van der Waals surface area (Å²) >= 11 is 0. The van der Waals surface area contributed by atoms with Crippen molar-refractivity contribution in [2.45, 2.75) is 111 Å². The first-order chi connectivity index (χ1) is 14.6. The lowest BCUT2D eigenvalue weighted by molar-refractivity contribution is -0.136. The van der Waals surface area contributed by atoms with Crippen molar-refractivity contribution in [2.24, 2.45) is 51.8 Å². The minimum atomic E-state index is -0.215. The molecule has 0 heterocycles. The van der Waals surface area contributed by atoms with Crippen LogP contribution in [0.4, 0.5) is 0 Å². The Bertz CT molecular complexity index is 761. The molecule has 2 heteroatoms. The normalized spacial score (nSPS) is 46.4. The van der Waals surface area contributed by atoms with Gasteiger partial charge in [-0.25, -0.2) is 0 Å². The Kier molecular flexibility index (Phi) is 5.32. The summed E-state index contributed by atoms with van der Waals surface area (Å²) in [5.74, 6) is 4.14. The van der Waals surface area contributed by atoms with E-state index in [-0.39, 0.29) is 22.9 Å². The predicted molar refractivity (Wildman–Crippen MR) is 126 cm³/mol. The Morgan fingerprint density at radius 1 is 0.968 bits per heavy atom. The minimum absolute atomic E-state index is 0.0302. The molecule has 0 aromatic heterocycles. The highest BCUT2D eigenvalue weighted by Gasteiger charge is 2.66. The van der Waals surface area contributed by atoms with Crippen molar-refractivity contribution in [3.8, 4) is 0 Å². The van der Waals surface area contributed by atoms with Gasteiger partial charge in [-0.1, -0.05) is 59.5 Å². The molecule has 4 fully saturated rings. The van der Waals surface area contributed by atoms with Crippen LogP contribution in [0.2, 0.25) is 0 Å². The maximum atomic E-state index is 13.7. The fourth-order valence-electron chi connectivity index (χ4n) is 9.54.